The molecule has 0 atom stereocenters. The lowest BCUT2D eigenvalue weighted by atomic mass is 10.1. The maximum absolute atomic E-state index is 13.9. The van der Waals surface area contributed by atoms with Gasteiger partial charge in [-0.15, -0.1) is 0 Å². The van der Waals surface area contributed by atoms with Crippen LogP contribution >= 0.6 is 0 Å². The number of esters is 1. The average Bonchev–Trinajstić information content (AvgIpc) is 2.72. The monoisotopic (exact) mass is 416 g/mol. The van der Waals surface area contributed by atoms with Crippen LogP contribution in [0, 0.1) is 5.82 Å². The summed E-state index contributed by atoms with van der Waals surface area (Å²) in [6.07, 6.45) is 1.53. The van der Waals surface area contributed by atoms with Crippen LogP contribution in [0.1, 0.15) is 29.8 Å². The summed E-state index contributed by atoms with van der Waals surface area (Å²) in [5.74, 6) is -1.09. The molecule has 2 aromatic carbocycles. The predicted molar refractivity (Wildman–Crippen MR) is 107 cm³/mol. The Morgan fingerprint density at radius 3 is 2.66 bits per heavy atom. The van der Waals surface area contributed by atoms with Crippen LogP contribution in [0.3, 0.4) is 0 Å². The van der Waals surface area contributed by atoms with Gasteiger partial charge in [-0.2, -0.15) is 4.31 Å². The Labute approximate surface area is 169 Å². The van der Waals surface area contributed by atoms with Gasteiger partial charge in [-0.25, -0.2) is 17.6 Å². The number of nitrogens with zero attached hydrogens (tertiary/aromatic N) is 2. The van der Waals surface area contributed by atoms with Crippen molar-refractivity contribution in [3.8, 4) is 0 Å². The molecule has 1 heterocycles. The Morgan fingerprint density at radius 2 is 1.93 bits per heavy atom. The first-order chi connectivity index (χ1) is 13.7. The van der Waals surface area contributed by atoms with Crippen LogP contribution in [0.25, 0.3) is 10.9 Å². The summed E-state index contributed by atoms with van der Waals surface area (Å²) in [7, 11) is -2.24. The van der Waals surface area contributed by atoms with Gasteiger partial charge in [-0.1, -0.05) is 12.1 Å². The van der Waals surface area contributed by atoms with E-state index in [-0.39, 0.29) is 23.1 Å². The molecule has 0 aliphatic carbocycles. The second-order valence-corrected chi connectivity index (χ2v) is 8.82. The van der Waals surface area contributed by atoms with Crippen LogP contribution in [0.15, 0.2) is 59.6 Å². The minimum Gasteiger partial charge on any atom is -0.457 e. The summed E-state index contributed by atoms with van der Waals surface area (Å²) in [5, 5.41) is 0.339. The maximum atomic E-state index is 13.9. The molecule has 0 radical (unpaired) electrons. The summed E-state index contributed by atoms with van der Waals surface area (Å²) in [6.45, 7) is 3.41. The van der Waals surface area contributed by atoms with Crippen molar-refractivity contribution in [2.45, 2.75) is 31.4 Å². The first-order valence-electron chi connectivity index (χ1n) is 8.99. The summed E-state index contributed by atoms with van der Waals surface area (Å²) in [4.78, 5) is 16.6. The highest BCUT2D eigenvalue weighted by Crippen LogP contribution is 2.22. The van der Waals surface area contributed by atoms with Crippen molar-refractivity contribution in [3.05, 3.63) is 71.7 Å². The van der Waals surface area contributed by atoms with E-state index in [1.807, 2.05) is 0 Å². The second-order valence-electron chi connectivity index (χ2n) is 6.83. The number of ether oxygens (including phenoxy) is 1. The van der Waals surface area contributed by atoms with E-state index in [0.717, 1.165) is 0 Å². The zero-order chi connectivity index (χ0) is 21.2. The van der Waals surface area contributed by atoms with E-state index in [0.29, 0.717) is 16.5 Å². The van der Waals surface area contributed by atoms with Gasteiger partial charge in [0.1, 0.15) is 12.4 Å². The van der Waals surface area contributed by atoms with E-state index in [1.165, 1.54) is 53.9 Å². The molecular formula is C21H21FN2O4S. The molecule has 1 aromatic heterocycles. The van der Waals surface area contributed by atoms with Crippen molar-refractivity contribution in [2.24, 2.45) is 0 Å². The minimum absolute atomic E-state index is 0.0112. The molecule has 0 spiro atoms. The molecule has 29 heavy (non-hydrogen) atoms. The number of pyridine rings is 1. The van der Waals surface area contributed by atoms with E-state index in [2.05, 4.69) is 4.98 Å². The van der Waals surface area contributed by atoms with E-state index in [1.54, 1.807) is 26.0 Å². The van der Waals surface area contributed by atoms with Crippen molar-refractivity contribution >= 4 is 26.9 Å². The van der Waals surface area contributed by atoms with Crippen molar-refractivity contribution in [3.63, 3.8) is 0 Å². The number of hydrogen-bond donors (Lipinski definition) is 0. The SMILES string of the molecule is CC(C)N(C)S(=O)(=O)c1cccc(C(=O)OCc2ccc(F)c3cccnc23)c1. The molecule has 6 nitrogen and oxygen atoms in total. The maximum Gasteiger partial charge on any atom is 0.338 e. The normalized spacial score (nSPS) is 11.9. The quantitative estimate of drug-likeness (QED) is 0.572. The molecule has 0 saturated heterocycles. The highest BCUT2D eigenvalue weighted by atomic mass is 32.2. The smallest absolute Gasteiger partial charge is 0.338 e. The van der Waals surface area contributed by atoms with Gasteiger partial charge in [0, 0.05) is 30.2 Å². The molecular weight excluding hydrogens is 395 g/mol. The lowest BCUT2D eigenvalue weighted by Gasteiger charge is -2.21. The van der Waals surface area contributed by atoms with Gasteiger partial charge < -0.3 is 4.74 Å². The molecule has 0 fully saturated rings. The van der Waals surface area contributed by atoms with Gasteiger partial charge in [0.2, 0.25) is 10.0 Å². The van der Waals surface area contributed by atoms with E-state index in [4.69, 9.17) is 4.74 Å². The van der Waals surface area contributed by atoms with Crippen LogP contribution in [0.4, 0.5) is 4.39 Å². The van der Waals surface area contributed by atoms with Gasteiger partial charge in [-0.3, -0.25) is 4.98 Å². The molecule has 3 aromatic rings. The summed E-state index contributed by atoms with van der Waals surface area (Å²) in [6, 6.07) is 11.5. The molecule has 8 heteroatoms. The third-order valence-electron chi connectivity index (χ3n) is 4.63. The molecule has 0 aliphatic rings. The van der Waals surface area contributed by atoms with Gasteiger partial charge in [0.25, 0.3) is 0 Å². The number of carbonyl (C=O) groups excluding carboxylic acids is 1. The second kappa shape index (κ2) is 8.26. The fraction of sp³-hybridized carbons (Fsp3) is 0.238. The fourth-order valence-electron chi connectivity index (χ4n) is 2.77. The summed E-state index contributed by atoms with van der Waals surface area (Å²) < 4.78 is 45.7. The van der Waals surface area contributed by atoms with Gasteiger partial charge >= 0.3 is 5.97 Å². The molecule has 3 rings (SSSR count). The number of hydrogen-bond acceptors (Lipinski definition) is 5. The number of halogens is 1. The van der Waals surface area contributed by atoms with E-state index in [9.17, 15) is 17.6 Å². The van der Waals surface area contributed by atoms with Crippen LogP contribution < -0.4 is 0 Å². The number of fused-ring (bicyclic) bond motifs is 1. The summed E-state index contributed by atoms with van der Waals surface area (Å²) in [5.41, 5.74) is 1.08. The Balaban J connectivity index is 1.82. The minimum atomic E-state index is -3.72. The Hall–Kier alpha value is -2.84. The fourth-order valence-corrected chi connectivity index (χ4v) is 4.18. The number of benzene rings is 2. The van der Waals surface area contributed by atoms with E-state index < -0.39 is 21.8 Å². The van der Waals surface area contributed by atoms with Crippen LogP contribution in [0.5, 0.6) is 0 Å². The Morgan fingerprint density at radius 1 is 1.17 bits per heavy atom. The molecule has 0 bridgehead atoms. The lowest BCUT2D eigenvalue weighted by Crippen LogP contribution is -2.33. The average molecular weight is 416 g/mol. The molecule has 0 aliphatic heterocycles. The highest BCUT2D eigenvalue weighted by molar-refractivity contribution is 7.89. The summed E-state index contributed by atoms with van der Waals surface area (Å²) >= 11 is 0. The zero-order valence-electron chi connectivity index (χ0n) is 16.3. The highest BCUT2D eigenvalue weighted by Gasteiger charge is 2.24. The number of aromatic nitrogens is 1. The van der Waals surface area contributed by atoms with Crippen LogP contribution in [0.2, 0.25) is 0 Å². The lowest BCUT2D eigenvalue weighted by molar-refractivity contribution is 0.0474. The molecule has 152 valence electrons. The number of sulfonamides is 1. The predicted octanol–water partition coefficient (Wildman–Crippen LogP) is 3.76. The molecule has 0 unspecified atom stereocenters. The number of rotatable bonds is 6. The third kappa shape index (κ3) is 4.28. The van der Waals surface area contributed by atoms with Gasteiger partial charge in [0.15, 0.2) is 0 Å². The Kier molecular flexibility index (Phi) is 5.95. The number of carbonyl (C=O) groups is 1. The van der Waals surface area contributed by atoms with Gasteiger partial charge in [0.05, 0.1) is 16.0 Å². The van der Waals surface area contributed by atoms with Crippen molar-refractivity contribution in [1.82, 2.24) is 9.29 Å². The van der Waals surface area contributed by atoms with Crippen molar-refractivity contribution in [2.75, 3.05) is 7.05 Å². The molecule has 0 saturated carbocycles. The van der Waals surface area contributed by atoms with Crippen LogP contribution in [-0.4, -0.2) is 36.8 Å². The van der Waals surface area contributed by atoms with Crippen molar-refractivity contribution < 1.29 is 22.3 Å². The topological polar surface area (TPSA) is 76.6 Å². The standard InChI is InChI=1S/C21H21FN2O4S/c1-14(2)24(3)29(26,27)17-7-4-6-15(12-17)21(25)28-13-16-9-10-19(22)18-8-5-11-23-20(16)18/h4-12,14H,13H2,1-3H3. The first kappa shape index (κ1) is 20.9. The largest absolute Gasteiger partial charge is 0.457 e. The first-order valence-corrected chi connectivity index (χ1v) is 10.4. The van der Waals surface area contributed by atoms with E-state index >= 15 is 0 Å². The van der Waals surface area contributed by atoms with Crippen LogP contribution in [-0.2, 0) is 21.4 Å². The molecule has 0 N–H and O–H groups in total. The Bertz CT molecular complexity index is 1160. The van der Waals surface area contributed by atoms with Gasteiger partial charge in [-0.05, 0) is 50.2 Å². The zero-order valence-corrected chi connectivity index (χ0v) is 17.1. The van der Waals surface area contributed by atoms with Crippen molar-refractivity contribution in [1.29, 1.82) is 0 Å². The molecule has 0 amide bonds. The third-order valence-corrected chi connectivity index (χ3v) is 6.66.